The normalized spacial score (nSPS) is 11.8. The van der Waals surface area contributed by atoms with Crippen LogP contribution in [0.25, 0.3) is 0 Å². The van der Waals surface area contributed by atoms with Crippen LogP contribution in [-0.4, -0.2) is 6.18 Å². The molecule has 1 aromatic rings. The van der Waals surface area contributed by atoms with Crippen LogP contribution in [0.4, 0.5) is 18.9 Å². The second-order valence-electron chi connectivity index (χ2n) is 2.76. The number of nitrogen functional groups attached to an aromatic ring is 1. The number of alkyl halides is 3. The first-order valence-corrected chi connectivity index (χ1v) is 4.77. The average Bonchev–Trinajstić information content (AvgIpc) is 1.95. The molecular formula is C8H6BrClF3N. The molecule has 0 unspecified atom stereocenters. The van der Waals surface area contributed by atoms with Gasteiger partial charge < -0.3 is 5.73 Å². The number of rotatable bonds is 1. The summed E-state index contributed by atoms with van der Waals surface area (Å²) in [5.41, 5.74) is 5.73. The molecule has 0 aromatic heterocycles. The second kappa shape index (κ2) is 3.98. The number of halogens is 5. The summed E-state index contributed by atoms with van der Waals surface area (Å²) in [6, 6.07) is 2.69. The summed E-state index contributed by atoms with van der Waals surface area (Å²) in [5.74, 6) is 0. The zero-order valence-corrected chi connectivity index (χ0v) is 9.17. The Morgan fingerprint density at radius 2 is 1.93 bits per heavy atom. The fraction of sp³-hybridized carbons (Fsp3) is 0.250. The molecule has 14 heavy (non-hydrogen) atoms. The lowest BCUT2D eigenvalue weighted by molar-refractivity contribution is -0.127. The average molecular weight is 288 g/mol. The van der Waals surface area contributed by atoms with Gasteiger partial charge >= 0.3 is 6.18 Å². The third-order valence-electron chi connectivity index (χ3n) is 1.54. The molecule has 1 nitrogen and oxygen atoms in total. The van der Waals surface area contributed by atoms with Gasteiger partial charge in [-0.25, -0.2) is 0 Å². The van der Waals surface area contributed by atoms with Gasteiger partial charge in [-0.1, -0.05) is 27.5 Å². The quantitative estimate of drug-likeness (QED) is 0.782. The number of anilines is 1. The van der Waals surface area contributed by atoms with Crippen molar-refractivity contribution in [1.82, 2.24) is 0 Å². The van der Waals surface area contributed by atoms with Crippen molar-refractivity contribution < 1.29 is 13.2 Å². The predicted octanol–water partition coefficient (Wildman–Crippen LogP) is 3.79. The molecule has 0 saturated carbocycles. The molecule has 0 heterocycles. The third kappa shape index (κ3) is 3.06. The van der Waals surface area contributed by atoms with Gasteiger partial charge in [0.1, 0.15) is 0 Å². The highest BCUT2D eigenvalue weighted by atomic mass is 79.9. The van der Waals surface area contributed by atoms with E-state index in [1.165, 1.54) is 12.1 Å². The van der Waals surface area contributed by atoms with Crippen LogP contribution in [0.2, 0.25) is 5.02 Å². The van der Waals surface area contributed by atoms with E-state index in [1.807, 2.05) is 0 Å². The Morgan fingerprint density at radius 3 is 2.36 bits per heavy atom. The van der Waals surface area contributed by atoms with Crippen molar-refractivity contribution in [2.45, 2.75) is 12.6 Å². The van der Waals surface area contributed by atoms with Crippen LogP contribution < -0.4 is 5.73 Å². The van der Waals surface area contributed by atoms with Gasteiger partial charge in [0.15, 0.2) is 0 Å². The van der Waals surface area contributed by atoms with Crippen molar-refractivity contribution >= 4 is 33.2 Å². The van der Waals surface area contributed by atoms with Crippen LogP contribution in [0, 0.1) is 0 Å². The summed E-state index contributed by atoms with van der Waals surface area (Å²) in [7, 11) is 0. The second-order valence-corrected chi connectivity index (χ2v) is 4.02. The maximum atomic E-state index is 12.1. The maximum absolute atomic E-state index is 12.1. The first kappa shape index (κ1) is 11.7. The fourth-order valence-electron chi connectivity index (χ4n) is 0.992. The van der Waals surface area contributed by atoms with E-state index < -0.39 is 12.6 Å². The van der Waals surface area contributed by atoms with E-state index in [0.717, 1.165) is 0 Å². The molecule has 0 radical (unpaired) electrons. The van der Waals surface area contributed by atoms with Crippen LogP contribution in [0.3, 0.4) is 0 Å². The smallest absolute Gasteiger partial charge is 0.393 e. The van der Waals surface area contributed by atoms with Gasteiger partial charge in [-0.15, -0.1) is 0 Å². The highest BCUT2D eigenvalue weighted by molar-refractivity contribution is 9.10. The highest BCUT2D eigenvalue weighted by Crippen LogP contribution is 2.33. The molecule has 1 aromatic carbocycles. The molecule has 0 saturated heterocycles. The Bertz CT molecular complexity index is 328. The first-order valence-electron chi connectivity index (χ1n) is 3.60. The van der Waals surface area contributed by atoms with E-state index in [-0.39, 0.29) is 15.1 Å². The maximum Gasteiger partial charge on any atom is 0.393 e. The zero-order chi connectivity index (χ0) is 10.9. The highest BCUT2D eigenvalue weighted by Gasteiger charge is 2.29. The van der Waals surface area contributed by atoms with E-state index in [0.29, 0.717) is 5.69 Å². The monoisotopic (exact) mass is 287 g/mol. The largest absolute Gasteiger partial charge is 0.399 e. The summed E-state index contributed by atoms with van der Waals surface area (Å²) in [6.45, 7) is 0. The topological polar surface area (TPSA) is 26.0 Å². The van der Waals surface area contributed by atoms with Crippen molar-refractivity contribution in [2.24, 2.45) is 0 Å². The van der Waals surface area contributed by atoms with Crippen LogP contribution in [-0.2, 0) is 6.42 Å². The number of nitrogens with two attached hydrogens (primary N) is 1. The molecule has 78 valence electrons. The summed E-state index contributed by atoms with van der Waals surface area (Å²) in [4.78, 5) is 0. The number of benzene rings is 1. The van der Waals surface area contributed by atoms with E-state index in [9.17, 15) is 13.2 Å². The van der Waals surface area contributed by atoms with Crippen molar-refractivity contribution in [1.29, 1.82) is 0 Å². The minimum atomic E-state index is -4.28. The van der Waals surface area contributed by atoms with Gasteiger partial charge in [-0.2, -0.15) is 13.2 Å². The van der Waals surface area contributed by atoms with E-state index >= 15 is 0 Å². The Balaban J connectivity index is 3.09. The van der Waals surface area contributed by atoms with Crippen LogP contribution in [0.5, 0.6) is 0 Å². The molecule has 0 atom stereocenters. The van der Waals surface area contributed by atoms with Crippen molar-refractivity contribution in [3.8, 4) is 0 Å². The molecule has 0 amide bonds. The van der Waals surface area contributed by atoms with Crippen molar-refractivity contribution in [3.05, 3.63) is 27.2 Å². The summed E-state index contributed by atoms with van der Waals surface area (Å²) >= 11 is 8.62. The first-order chi connectivity index (χ1) is 6.29. The number of hydrogen-bond acceptors (Lipinski definition) is 1. The molecule has 1 rings (SSSR count). The minimum Gasteiger partial charge on any atom is -0.399 e. The Hall–Kier alpha value is -0.420. The fourth-order valence-corrected chi connectivity index (χ4v) is 2.02. The molecule has 0 aliphatic carbocycles. The standard InChI is InChI=1S/C8H6BrClF3N/c9-6-1-4(14)2-7(10)5(6)3-8(11,12)13/h1-2H,3,14H2. The Labute approximate surface area is 92.2 Å². The SMILES string of the molecule is Nc1cc(Cl)c(CC(F)(F)F)c(Br)c1. The van der Waals surface area contributed by atoms with Crippen LogP contribution >= 0.6 is 27.5 Å². The minimum absolute atomic E-state index is 0.00775. The Kier molecular flexibility index (Phi) is 3.32. The molecule has 0 fully saturated rings. The van der Waals surface area contributed by atoms with Gasteiger partial charge in [0.2, 0.25) is 0 Å². The third-order valence-corrected chi connectivity index (χ3v) is 2.59. The molecule has 2 N–H and O–H groups in total. The summed E-state index contributed by atoms with van der Waals surface area (Å²) in [6.07, 6.45) is -5.34. The zero-order valence-electron chi connectivity index (χ0n) is 6.83. The molecule has 0 aliphatic rings. The van der Waals surface area contributed by atoms with E-state index in [2.05, 4.69) is 15.9 Å². The number of hydrogen-bond donors (Lipinski definition) is 1. The van der Waals surface area contributed by atoms with Crippen LogP contribution in [0.1, 0.15) is 5.56 Å². The predicted molar refractivity (Wildman–Crippen MR) is 53.3 cm³/mol. The molecule has 0 aliphatic heterocycles. The van der Waals surface area contributed by atoms with Gasteiger partial charge in [0.25, 0.3) is 0 Å². The lowest BCUT2D eigenvalue weighted by Gasteiger charge is -2.10. The van der Waals surface area contributed by atoms with Crippen molar-refractivity contribution in [3.63, 3.8) is 0 Å². The summed E-state index contributed by atoms with van der Waals surface area (Å²) < 4.78 is 36.6. The van der Waals surface area contributed by atoms with Crippen LogP contribution in [0.15, 0.2) is 16.6 Å². The molecule has 0 bridgehead atoms. The molecule has 0 spiro atoms. The van der Waals surface area contributed by atoms with E-state index in [4.69, 9.17) is 17.3 Å². The Morgan fingerprint density at radius 1 is 1.36 bits per heavy atom. The van der Waals surface area contributed by atoms with Crippen molar-refractivity contribution in [2.75, 3.05) is 5.73 Å². The van der Waals surface area contributed by atoms with Gasteiger partial charge in [-0.05, 0) is 17.7 Å². The van der Waals surface area contributed by atoms with Gasteiger partial charge in [0.05, 0.1) is 6.42 Å². The van der Waals surface area contributed by atoms with E-state index in [1.54, 1.807) is 0 Å². The lowest BCUT2D eigenvalue weighted by Crippen LogP contribution is -2.12. The van der Waals surface area contributed by atoms with Gasteiger partial charge in [-0.3, -0.25) is 0 Å². The lowest BCUT2D eigenvalue weighted by atomic mass is 10.1. The molecule has 6 heteroatoms. The van der Waals surface area contributed by atoms with Gasteiger partial charge in [0, 0.05) is 15.2 Å². The summed E-state index contributed by atoms with van der Waals surface area (Å²) in [5, 5.41) is 0.0224. The molecular weight excluding hydrogens is 282 g/mol.